The van der Waals surface area contributed by atoms with Gasteiger partial charge in [-0.25, -0.2) is 0 Å². The maximum Gasteiger partial charge on any atom is 0.124 e. The van der Waals surface area contributed by atoms with Gasteiger partial charge in [0.25, 0.3) is 0 Å². The van der Waals surface area contributed by atoms with Crippen molar-refractivity contribution in [1.82, 2.24) is 5.32 Å². The second-order valence-electron chi connectivity index (χ2n) is 5.47. The summed E-state index contributed by atoms with van der Waals surface area (Å²) in [4.78, 5) is 1.31. The third-order valence-corrected chi connectivity index (χ3v) is 5.70. The Morgan fingerprint density at radius 1 is 1.00 bits per heavy atom. The molecule has 1 heterocycles. The van der Waals surface area contributed by atoms with Crippen LogP contribution in [0.1, 0.15) is 16.0 Å². The lowest BCUT2D eigenvalue weighted by Gasteiger charge is -2.13. The Labute approximate surface area is 169 Å². The van der Waals surface area contributed by atoms with Crippen molar-refractivity contribution < 1.29 is 4.74 Å². The molecule has 0 spiro atoms. The molecule has 0 saturated carbocycles. The predicted octanol–water partition coefficient (Wildman–Crippen LogP) is 6.69. The van der Waals surface area contributed by atoms with E-state index in [0.717, 1.165) is 34.4 Å². The van der Waals surface area contributed by atoms with Gasteiger partial charge in [-0.05, 0) is 47.3 Å². The van der Waals surface area contributed by atoms with E-state index in [2.05, 4.69) is 44.8 Å². The molecule has 3 rings (SSSR count). The summed E-state index contributed by atoms with van der Waals surface area (Å²) in [5, 5.41) is 6.63. The molecule has 0 amide bonds. The molecule has 1 N–H and O–H groups in total. The molecule has 3 aromatic rings. The first-order valence-corrected chi connectivity index (χ1v) is 10.1. The molecule has 0 aliphatic heterocycles. The van der Waals surface area contributed by atoms with Crippen molar-refractivity contribution >= 4 is 50.5 Å². The van der Waals surface area contributed by atoms with E-state index in [1.165, 1.54) is 4.88 Å². The van der Waals surface area contributed by atoms with E-state index in [9.17, 15) is 0 Å². The molecule has 1 aromatic heterocycles. The van der Waals surface area contributed by atoms with Crippen molar-refractivity contribution in [2.45, 2.75) is 19.7 Å². The topological polar surface area (TPSA) is 21.3 Å². The van der Waals surface area contributed by atoms with Crippen LogP contribution in [-0.4, -0.2) is 0 Å². The molecule has 0 aliphatic carbocycles. The zero-order valence-corrected chi connectivity index (χ0v) is 17.2. The Bertz CT molecular complexity index is 839. The minimum absolute atomic E-state index is 0.441. The quantitative estimate of drug-likeness (QED) is 0.427. The zero-order chi connectivity index (χ0) is 17.6. The van der Waals surface area contributed by atoms with Crippen LogP contribution in [0.5, 0.6) is 5.75 Å². The van der Waals surface area contributed by atoms with Crippen LogP contribution >= 0.6 is 50.5 Å². The van der Waals surface area contributed by atoms with Gasteiger partial charge in [-0.15, -0.1) is 11.3 Å². The lowest BCUT2D eigenvalue weighted by atomic mass is 10.2. The van der Waals surface area contributed by atoms with Crippen LogP contribution in [0, 0.1) is 0 Å². The monoisotopic (exact) mass is 455 g/mol. The van der Waals surface area contributed by atoms with Crippen LogP contribution in [0.3, 0.4) is 0 Å². The number of halogens is 3. The number of nitrogens with one attached hydrogen (secondary N) is 1. The number of ether oxygens (including phenoxy) is 1. The van der Waals surface area contributed by atoms with Crippen LogP contribution in [0.4, 0.5) is 0 Å². The maximum absolute atomic E-state index is 6.06. The van der Waals surface area contributed by atoms with Crippen LogP contribution in [0.25, 0.3) is 0 Å². The summed E-state index contributed by atoms with van der Waals surface area (Å²) in [6.45, 7) is 2.01. The molecule has 2 aromatic carbocycles. The van der Waals surface area contributed by atoms with Gasteiger partial charge in [-0.1, -0.05) is 51.3 Å². The van der Waals surface area contributed by atoms with Crippen molar-refractivity contribution in [2.24, 2.45) is 0 Å². The van der Waals surface area contributed by atoms with Crippen molar-refractivity contribution in [3.63, 3.8) is 0 Å². The van der Waals surface area contributed by atoms with Crippen LogP contribution in [0.15, 0.2) is 58.4 Å². The maximum atomic E-state index is 6.06. The van der Waals surface area contributed by atoms with Crippen LogP contribution in [0.2, 0.25) is 10.0 Å². The Morgan fingerprint density at radius 3 is 2.64 bits per heavy atom. The molecule has 130 valence electrons. The third-order valence-electron chi connectivity index (χ3n) is 3.60. The van der Waals surface area contributed by atoms with E-state index >= 15 is 0 Å². The largest absolute Gasteiger partial charge is 0.489 e. The van der Waals surface area contributed by atoms with Gasteiger partial charge in [-0.3, -0.25) is 0 Å². The van der Waals surface area contributed by atoms with Crippen LogP contribution in [-0.2, 0) is 19.7 Å². The Kier molecular flexibility index (Phi) is 6.79. The van der Waals surface area contributed by atoms with E-state index in [4.69, 9.17) is 27.9 Å². The number of thiophene rings is 1. The number of benzene rings is 2. The standard InChI is InChI=1S/C19H16BrCl2NOS/c20-15-4-6-19(24-12-13-3-5-17(21)18(22)8-13)14(9-15)10-23-11-16-2-1-7-25-16/h1-9,23H,10-12H2. The average Bonchev–Trinajstić information content (AvgIpc) is 3.10. The predicted molar refractivity (Wildman–Crippen MR) is 110 cm³/mol. The summed E-state index contributed by atoms with van der Waals surface area (Å²) in [7, 11) is 0. The number of rotatable bonds is 7. The normalized spacial score (nSPS) is 10.8. The first-order valence-electron chi connectivity index (χ1n) is 7.70. The van der Waals surface area contributed by atoms with Gasteiger partial charge in [0, 0.05) is 28.0 Å². The van der Waals surface area contributed by atoms with Crippen LogP contribution < -0.4 is 10.1 Å². The van der Waals surface area contributed by atoms with Crippen molar-refractivity contribution in [1.29, 1.82) is 0 Å². The molecule has 0 saturated heterocycles. The molecule has 0 radical (unpaired) electrons. The van der Waals surface area contributed by atoms with Gasteiger partial charge >= 0.3 is 0 Å². The summed E-state index contributed by atoms with van der Waals surface area (Å²) in [6.07, 6.45) is 0. The summed E-state index contributed by atoms with van der Waals surface area (Å²) in [6, 6.07) is 15.8. The second-order valence-corrected chi connectivity index (χ2v) is 8.23. The molecule has 25 heavy (non-hydrogen) atoms. The van der Waals surface area contributed by atoms with Gasteiger partial charge in [0.2, 0.25) is 0 Å². The number of hydrogen-bond acceptors (Lipinski definition) is 3. The third kappa shape index (κ3) is 5.47. The molecule has 0 unspecified atom stereocenters. The van der Waals surface area contributed by atoms with Gasteiger partial charge in [0.15, 0.2) is 0 Å². The fraction of sp³-hybridized carbons (Fsp3) is 0.158. The Hall–Kier alpha value is -1.04. The molecule has 2 nitrogen and oxygen atoms in total. The number of hydrogen-bond donors (Lipinski definition) is 1. The summed E-state index contributed by atoms with van der Waals surface area (Å²) >= 11 is 17.3. The van der Waals surface area contributed by atoms with Crippen molar-refractivity contribution in [2.75, 3.05) is 0 Å². The van der Waals surface area contributed by atoms with E-state index in [0.29, 0.717) is 16.7 Å². The van der Waals surface area contributed by atoms with Gasteiger partial charge in [0.1, 0.15) is 12.4 Å². The fourth-order valence-corrected chi connectivity index (χ4v) is 3.75. The first kappa shape index (κ1) is 18.7. The minimum Gasteiger partial charge on any atom is -0.489 e. The van der Waals surface area contributed by atoms with Crippen molar-refractivity contribution in [3.05, 3.63) is 84.4 Å². The molecule has 0 aliphatic rings. The molecular weight excluding hydrogens is 441 g/mol. The first-order chi connectivity index (χ1) is 12.1. The zero-order valence-electron chi connectivity index (χ0n) is 13.3. The Morgan fingerprint density at radius 2 is 1.88 bits per heavy atom. The summed E-state index contributed by atoms with van der Waals surface area (Å²) < 4.78 is 7.03. The second kappa shape index (κ2) is 9.06. The van der Waals surface area contributed by atoms with E-state index in [1.807, 2.05) is 24.3 Å². The fourth-order valence-electron chi connectivity index (χ4n) is 2.35. The molecule has 0 fully saturated rings. The lowest BCUT2D eigenvalue weighted by Crippen LogP contribution is -2.13. The smallest absolute Gasteiger partial charge is 0.124 e. The summed E-state index contributed by atoms with van der Waals surface area (Å²) in [5.41, 5.74) is 2.08. The lowest BCUT2D eigenvalue weighted by molar-refractivity contribution is 0.302. The molecule has 0 atom stereocenters. The van der Waals surface area contributed by atoms with E-state index in [1.54, 1.807) is 17.4 Å². The highest BCUT2D eigenvalue weighted by molar-refractivity contribution is 9.10. The molecular formula is C19H16BrCl2NOS. The minimum atomic E-state index is 0.441. The van der Waals surface area contributed by atoms with E-state index in [-0.39, 0.29) is 0 Å². The average molecular weight is 457 g/mol. The van der Waals surface area contributed by atoms with Crippen molar-refractivity contribution in [3.8, 4) is 5.75 Å². The molecule has 0 bridgehead atoms. The van der Waals surface area contributed by atoms with Gasteiger partial charge in [0.05, 0.1) is 10.0 Å². The molecule has 6 heteroatoms. The van der Waals surface area contributed by atoms with Gasteiger partial charge < -0.3 is 10.1 Å². The van der Waals surface area contributed by atoms with Gasteiger partial charge in [-0.2, -0.15) is 0 Å². The highest BCUT2D eigenvalue weighted by Gasteiger charge is 2.07. The SMILES string of the molecule is Clc1ccc(COc2ccc(Br)cc2CNCc2cccs2)cc1Cl. The van der Waals surface area contributed by atoms with E-state index < -0.39 is 0 Å². The summed E-state index contributed by atoms with van der Waals surface area (Å²) in [5.74, 6) is 0.855. The highest BCUT2D eigenvalue weighted by Crippen LogP contribution is 2.26. The Balaban J connectivity index is 1.64. The highest BCUT2D eigenvalue weighted by atomic mass is 79.9.